The predicted molar refractivity (Wildman–Crippen MR) is 82.2 cm³/mol. The fourth-order valence-electron chi connectivity index (χ4n) is 2.36. The number of aryl methyl sites for hydroxylation is 1. The zero-order valence-corrected chi connectivity index (χ0v) is 12.5. The molecule has 0 aliphatic rings. The van der Waals surface area contributed by atoms with E-state index in [0.717, 1.165) is 0 Å². The first-order chi connectivity index (χ1) is 8.74. The van der Waals surface area contributed by atoms with Gasteiger partial charge in [0.2, 0.25) is 0 Å². The summed E-state index contributed by atoms with van der Waals surface area (Å²) in [5, 5.41) is 0. The molecule has 0 radical (unpaired) electrons. The van der Waals surface area contributed by atoms with Gasteiger partial charge in [0, 0.05) is 0 Å². The zero-order chi connectivity index (χ0) is 13.2. The molecule has 0 fully saturated rings. The molecule has 18 heavy (non-hydrogen) atoms. The molecule has 1 aromatic rings. The van der Waals surface area contributed by atoms with Crippen LogP contribution in [-0.2, 0) is 6.42 Å². The Morgan fingerprint density at radius 2 is 1.33 bits per heavy atom. The molecule has 0 saturated heterocycles. The third-order valence-corrected chi connectivity index (χ3v) is 3.72. The molecule has 0 heteroatoms. The highest BCUT2D eigenvalue weighted by atomic mass is 14.0. The molecule has 1 rings (SSSR count). The largest absolute Gasteiger partial charge is 0.0654 e. The van der Waals surface area contributed by atoms with Gasteiger partial charge >= 0.3 is 0 Å². The third-order valence-electron chi connectivity index (χ3n) is 3.72. The fraction of sp³-hybridized carbons (Fsp3) is 0.667. The first-order valence-electron chi connectivity index (χ1n) is 7.83. The number of unbranched alkanes of at least 4 members (excludes halogenated alkanes) is 6. The average molecular weight is 246 g/mol. The molecule has 0 aliphatic heterocycles. The van der Waals surface area contributed by atoms with Crippen LogP contribution in [0.4, 0.5) is 0 Å². The van der Waals surface area contributed by atoms with Crippen LogP contribution in [0.2, 0.25) is 0 Å². The summed E-state index contributed by atoms with van der Waals surface area (Å²) in [7, 11) is 0. The molecule has 0 atom stereocenters. The Balaban J connectivity index is 2.12. The standard InChI is InChI=1S/C18H30/c1-4-5-6-7-8-9-10-11-17-12-14-18(15-13-17)16(2)3/h12-16H,4-11H2,1-3H3. The molecular weight excluding hydrogens is 216 g/mol. The smallest absolute Gasteiger partial charge is 0.0219 e. The van der Waals surface area contributed by atoms with Gasteiger partial charge in [-0.25, -0.2) is 0 Å². The van der Waals surface area contributed by atoms with E-state index in [-0.39, 0.29) is 0 Å². The second-order valence-electron chi connectivity index (χ2n) is 5.77. The highest BCUT2D eigenvalue weighted by Crippen LogP contribution is 2.16. The van der Waals surface area contributed by atoms with Gasteiger partial charge in [-0.15, -0.1) is 0 Å². The van der Waals surface area contributed by atoms with Gasteiger partial charge in [0.25, 0.3) is 0 Å². The Morgan fingerprint density at radius 3 is 1.89 bits per heavy atom. The Kier molecular flexibility index (Phi) is 7.80. The topological polar surface area (TPSA) is 0 Å². The molecule has 0 unspecified atom stereocenters. The van der Waals surface area contributed by atoms with E-state index in [4.69, 9.17) is 0 Å². The molecular formula is C18H30. The molecule has 0 spiro atoms. The van der Waals surface area contributed by atoms with Crippen molar-refractivity contribution in [3.05, 3.63) is 35.4 Å². The lowest BCUT2D eigenvalue weighted by atomic mass is 9.99. The van der Waals surface area contributed by atoms with E-state index in [1.807, 2.05) is 0 Å². The fourth-order valence-corrected chi connectivity index (χ4v) is 2.36. The van der Waals surface area contributed by atoms with Gasteiger partial charge in [-0.1, -0.05) is 83.6 Å². The van der Waals surface area contributed by atoms with Crippen molar-refractivity contribution in [3.63, 3.8) is 0 Å². The van der Waals surface area contributed by atoms with Gasteiger partial charge in [-0.05, 0) is 29.9 Å². The maximum Gasteiger partial charge on any atom is -0.0219 e. The second kappa shape index (κ2) is 9.19. The van der Waals surface area contributed by atoms with Gasteiger partial charge in [-0.2, -0.15) is 0 Å². The van der Waals surface area contributed by atoms with Crippen LogP contribution in [0.5, 0.6) is 0 Å². The molecule has 0 saturated carbocycles. The van der Waals surface area contributed by atoms with Gasteiger partial charge in [0.15, 0.2) is 0 Å². The lowest BCUT2D eigenvalue weighted by Gasteiger charge is -2.07. The highest BCUT2D eigenvalue weighted by molar-refractivity contribution is 5.24. The van der Waals surface area contributed by atoms with Crippen molar-refractivity contribution < 1.29 is 0 Å². The highest BCUT2D eigenvalue weighted by Gasteiger charge is 1.99. The van der Waals surface area contributed by atoms with Crippen molar-refractivity contribution in [2.24, 2.45) is 0 Å². The molecule has 0 nitrogen and oxygen atoms in total. The number of benzene rings is 1. The van der Waals surface area contributed by atoms with E-state index in [1.54, 1.807) is 0 Å². The quantitative estimate of drug-likeness (QED) is 0.462. The van der Waals surface area contributed by atoms with Crippen molar-refractivity contribution in [2.45, 2.75) is 78.1 Å². The molecule has 0 N–H and O–H groups in total. The van der Waals surface area contributed by atoms with Gasteiger partial charge in [0.05, 0.1) is 0 Å². The Morgan fingerprint density at radius 1 is 0.778 bits per heavy atom. The number of hydrogen-bond donors (Lipinski definition) is 0. The van der Waals surface area contributed by atoms with Crippen molar-refractivity contribution in [2.75, 3.05) is 0 Å². The van der Waals surface area contributed by atoms with Crippen LogP contribution in [0.25, 0.3) is 0 Å². The summed E-state index contributed by atoms with van der Waals surface area (Å²) in [5.74, 6) is 0.651. The third kappa shape index (κ3) is 6.23. The van der Waals surface area contributed by atoms with Crippen LogP contribution >= 0.6 is 0 Å². The van der Waals surface area contributed by atoms with Gasteiger partial charge < -0.3 is 0 Å². The van der Waals surface area contributed by atoms with E-state index in [2.05, 4.69) is 45.0 Å². The van der Waals surface area contributed by atoms with E-state index in [1.165, 1.54) is 62.5 Å². The predicted octanol–water partition coefficient (Wildman–Crippen LogP) is 6.10. The van der Waals surface area contributed by atoms with E-state index >= 15 is 0 Å². The van der Waals surface area contributed by atoms with Crippen molar-refractivity contribution in [1.82, 2.24) is 0 Å². The van der Waals surface area contributed by atoms with Gasteiger partial charge in [0.1, 0.15) is 0 Å². The van der Waals surface area contributed by atoms with Crippen molar-refractivity contribution in [1.29, 1.82) is 0 Å². The SMILES string of the molecule is CCCCCCCCCc1ccc(C(C)C)cc1. The molecule has 0 amide bonds. The number of hydrogen-bond acceptors (Lipinski definition) is 0. The molecule has 0 aliphatic carbocycles. The Labute approximate surface area is 114 Å². The summed E-state index contributed by atoms with van der Waals surface area (Å²) in [5.41, 5.74) is 2.96. The van der Waals surface area contributed by atoms with Crippen LogP contribution in [-0.4, -0.2) is 0 Å². The second-order valence-corrected chi connectivity index (χ2v) is 5.77. The molecule has 0 aromatic heterocycles. The normalized spacial score (nSPS) is 11.1. The lowest BCUT2D eigenvalue weighted by Crippen LogP contribution is -1.90. The minimum absolute atomic E-state index is 0.651. The first kappa shape index (κ1) is 15.3. The summed E-state index contributed by atoms with van der Waals surface area (Å²) < 4.78 is 0. The minimum atomic E-state index is 0.651. The molecule has 102 valence electrons. The summed E-state index contributed by atoms with van der Waals surface area (Å²) in [4.78, 5) is 0. The van der Waals surface area contributed by atoms with Crippen LogP contribution in [0, 0.1) is 0 Å². The van der Waals surface area contributed by atoms with E-state index < -0.39 is 0 Å². The summed E-state index contributed by atoms with van der Waals surface area (Å²) in [6.07, 6.45) is 11.1. The summed E-state index contributed by atoms with van der Waals surface area (Å²) >= 11 is 0. The maximum atomic E-state index is 2.31. The van der Waals surface area contributed by atoms with E-state index in [9.17, 15) is 0 Å². The van der Waals surface area contributed by atoms with Crippen LogP contribution < -0.4 is 0 Å². The van der Waals surface area contributed by atoms with Crippen LogP contribution in [0.1, 0.15) is 82.8 Å². The first-order valence-corrected chi connectivity index (χ1v) is 7.83. The summed E-state index contributed by atoms with van der Waals surface area (Å²) in [6, 6.07) is 9.21. The van der Waals surface area contributed by atoms with Crippen molar-refractivity contribution in [3.8, 4) is 0 Å². The minimum Gasteiger partial charge on any atom is -0.0654 e. The van der Waals surface area contributed by atoms with E-state index in [0.29, 0.717) is 5.92 Å². The average Bonchev–Trinajstić information content (AvgIpc) is 2.38. The molecule has 0 heterocycles. The Hall–Kier alpha value is -0.780. The number of rotatable bonds is 9. The zero-order valence-electron chi connectivity index (χ0n) is 12.5. The maximum absolute atomic E-state index is 2.31. The molecule has 0 bridgehead atoms. The lowest BCUT2D eigenvalue weighted by molar-refractivity contribution is 0.589. The van der Waals surface area contributed by atoms with Crippen LogP contribution in [0.3, 0.4) is 0 Å². The van der Waals surface area contributed by atoms with Gasteiger partial charge in [-0.3, -0.25) is 0 Å². The van der Waals surface area contributed by atoms with Crippen molar-refractivity contribution >= 4 is 0 Å². The Bertz CT molecular complexity index is 294. The summed E-state index contributed by atoms with van der Waals surface area (Å²) in [6.45, 7) is 6.79. The molecule has 1 aromatic carbocycles. The monoisotopic (exact) mass is 246 g/mol. The van der Waals surface area contributed by atoms with Crippen LogP contribution in [0.15, 0.2) is 24.3 Å².